The van der Waals surface area contributed by atoms with Crippen molar-refractivity contribution in [2.75, 3.05) is 24.7 Å². The van der Waals surface area contributed by atoms with Crippen molar-refractivity contribution in [3.63, 3.8) is 0 Å². The minimum absolute atomic E-state index is 0.0457. The second-order valence-electron chi connectivity index (χ2n) is 4.25. The van der Waals surface area contributed by atoms with Crippen LogP contribution in [-0.4, -0.2) is 44.2 Å². The topological polar surface area (TPSA) is 108 Å². The number of urea groups is 1. The van der Waals surface area contributed by atoms with Crippen molar-refractivity contribution < 1.29 is 13.2 Å². The fourth-order valence-electron chi connectivity index (χ4n) is 1.50. The predicted molar refractivity (Wildman–Crippen MR) is 83.7 cm³/mol. The van der Waals surface area contributed by atoms with Crippen LogP contribution in [0.1, 0.15) is 5.56 Å². The Morgan fingerprint density at radius 1 is 1.27 bits per heavy atom. The molecular formula is C12H17ClN4O4S. The van der Waals surface area contributed by atoms with E-state index in [-0.39, 0.29) is 31.3 Å². The fraction of sp³-hybridized carbons (Fsp3) is 0.417. The van der Waals surface area contributed by atoms with Gasteiger partial charge in [0.1, 0.15) is 0 Å². The molecule has 0 heterocycles. The number of alkyl halides is 1. The van der Waals surface area contributed by atoms with E-state index in [1.807, 2.05) is 18.2 Å². The molecule has 0 saturated carbocycles. The van der Waals surface area contributed by atoms with Gasteiger partial charge in [-0.15, -0.1) is 16.5 Å². The van der Waals surface area contributed by atoms with Crippen LogP contribution in [0.2, 0.25) is 0 Å². The maximum absolute atomic E-state index is 11.8. The van der Waals surface area contributed by atoms with Crippen LogP contribution in [0, 0.1) is 4.91 Å². The van der Waals surface area contributed by atoms with Gasteiger partial charge in [-0.05, 0) is 5.56 Å². The zero-order valence-corrected chi connectivity index (χ0v) is 13.3. The van der Waals surface area contributed by atoms with Crippen LogP contribution >= 0.6 is 11.6 Å². The number of nitroso groups, excluding NO2 is 1. The number of hydrogen-bond acceptors (Lipinski definition) is 5. The summed E-state index contributed by atoms with van der Waals surface area (Å²) in [5.74, 6) is -0.255. The Kier molecular flexibility index (Phi) is 7.78. The van der Waals surface area contributed by atoms with E-state index in [4.69, 9.17) is 11.6 Å². The number of rotatable bonds is 9. The molecule has 0 spiro atoms. The highest BCUT2D eigenvalue weighted by Gasteiger charge is 2.15. The second kappa shape index (κ2) is 9.34. The molecule has 0 unspecified atom stereocenters. The summed E-state index contributed by atoms with van der Waals surface area (Å²) in [4.78, 5) is 21.9. The van der Waals surface area contributed by atoms with E-state index in [9.17, 15) is 18.1 Å². The monoisotopic (exact) mass is 348 g/mol. The van der Waals surface area contributed by atoms with E-state index in [2.05, 4.69) is 15.3 Å². The lowest BCUT2D eigenvalue weighted by Crippen LogP contribution is -2.40. The van der Waals surface area contributed by atoms with Crippen LogP contribution in [0.3, 0.4) is 0 Å². The third-order valence-corrected chi connectivity index (χ3v) is 4.11. The molecule has 0 aliphatic carbocycles. The molecule has 0 aliphatic rings. The SMILES string of the molecule is O=NN(CCCl)C(=O)NCCS(=O)(=O)NCc1ccccc1. The first-order valence-corrected chi connectivity index (χ1v) is 8.63. The first kappa shape index (κ1) is 18.3. The first-order valence-electron chi connectivity index (χ1n) is 6.44. The Hall–Kier alpha value is -1.71. The van der Waals surface area contributed by atoms with Crippen molar-refractivity contribution in [3.8, 4) is 0 Å². The van der Waals surface area contributed by atoms with E-state index >= 15 is 0 Å². The average molecular weight is 349 g/mol. The summed E-state index contributed by atoms with van der Waals surface area (Å²) in [6, 6.07) is 8.26. The lowest BCUT2D eigenvalue weighted by molar-refractivity contribution is 0.203. The molecule has 2 amide bonds. The highest BCUT2D eigenvalue weighted by atomic mass is 35.5. The molecule has 8 nitrogen and oxygen atoms in total. The molecule has 0 aromatic heterocycles. The van der Waals surface area contributed by atoms with E-state index in [1.54, 1.807) is 12.1 Å². The van der Waals surface area contributed by atoms with Gasteiger partial charge in [0.25, 0.3) is 0 Å². The van der Waals surface area contributed by atoms with Gasteiger partial charge in [-0.25, -0.2) is 17.9 Å². The van der Waals surface area contributed by atoms with Crippen molar-refractivity contribution in [1.29, 1.82) is 0 Å². The van der Waals surface area contributed by atoms with Crippen LogP contribution in [-0.2, 0) is 16.6 Å². The number of carbonyl (C=O) groups excluding carboxylic acids is 1. The lowest BCUT2D eigenvalue weighted by Gasteiger charge is -2.13. The minimum atomic E-state index is -3.54. The van der Waals surface area contributed by atoms with Gasteiger partial charge < -0.3 is 5.32 Å². The number of benzene rings is 1. The quantitative estimate of drug-likeness (QED) is 0.395. The summed E-state index contributed by atoms with van der Waals surface area (Å²) in [6.45, 7) is -0.0153. The van der Waals surface area contributed by atoms with Crippen LogP contribution in [0.5, 0.6) is 0 Å². The van der Waals surface area contributed by atoms with Crippen LogP contribution in [0.15, 0.2) is 35.6 Å². The zero-order chi connectivity index (χ0) is 16.4. The summed E-state index contributed by atoms with van der Waals surface area (Å²) in [6.07, 6.45) is 0. The molecule has 0 atom stereocenters. The van der Waals surface area contributed by atoms with Gasteiger partial charge in [0.15, 0.2) is 0 Å². The standard InChI is InChI=1S/C12H17ClN4O4S/c13-6-8-17(16-19)12(18)14-7-9-22(20,21)15-10-11-4-2-1-3-5-11/h1-5,15H,6-10H2,(H,14,18). The minimum Gasteiger partial charge on any atom is -0.335 e. The summed E-state index contributed by atoms with van der Waals surface area (Å²) in [7, 11) is -3.54. The third-order valence-electron chi connectivity index (χ3n) is 2.62. The van der Waals surface area contributed by atoms with E-state index in [0.29, 0.717) is 5.01 Å². The number of halogens is 1. The molecule has 0 fully saturated rings. The Balaban J connectivity index is 2.36. The van der Waals surface area contributed by atoms with Crippen molar-refractivity contribution in [1.82, 2.24) is 15.0 Å². The molecule has 0 saturated heterocycles. The highest BCUT2D eigenvalue weighted by molar-refractivity contribution is 7.89. The second-order valence-corrected chi connectivity index (χ2v) is 6.56. The van der Waals surface area contributed by atoms with Gasteiger partial charge in [0.2, 0.25) is 10.0 Å². The Morgan fingerprint density at radius 3 is 2.55 bits per heavy atom. The van der Waals surface area contributed by atoms with E-state index in [0.717, 1.165) is 5.56 Å². The molecule has 10 heteroatoms. The Morgan fingerprint density at radius 2 is 1.95 bits per heavy atom. The van der Waals surface area contributed by atoms with Crippen LogP contribution in [0.25, 0.3) is 0 Å². The largest absolute Gasteiger partial charge is 0.340 e. The van der Waals surface area contributed by atoms with Crippen molar-refractivity contribution >= 4 is 27.7 Å². The third kappa shape index (κ3) is 6.83. The maximum Gasteiger partial charge on any atom is 0.340 e. The molecule has 0 bridgehead atoms. The summed E-state index contributed by atoms with van der Waals surface area (Å²) < 4.78 is 26.0. The summed E-state index contributed by atoms with van der Waals surface area (Å²) in [5, 5.41) is 5.37. The summed E-state index contributed by atoms with van der Waals surface area (Å²) >= 11 is 5.40. The van der Waals surface area contributed by atoms with Crippen molar-refractivity contribution in [2.24, 2.45) is 5.29 Å². The highest BCUT2D eigenvalue weighted by Crippen LogP contribution is 1.98. The van der Waals surface area contributed by atoms with Gasteiger partial charge in [0.05, 0.1) is 17.6 Å². The number of sulfonamides is 1. The fourth-order valence-corrected chi connectivity index (χ4v) is 2.57. The number of amides is 2. The predicted octanol–water partition coefficient (Wildman–Crippen LogP) is 1.04. The van der Waals surface area contributed by atoms with Crippen molar-refractivity contribution in [3.05, 3.63) is 40.8 Å². The molecule has 1 aromatic carbocycles. The Labute approximate surface area is 133 Å². The van der Waals surface area contributed by atoms with Gasteiger partial charge in [-0.2, -0.15) is 5.01 Å². The molecular weight excluding hydrogens is 332 g/mol. The molecule has 1 aromatic rings. The molecule has 0 aliphatic heterocycles. The van der Waals surface area contributed by atoms with E-state index < -0.39 is 16.1 Å². The Bertz CT molecular complexity index is 582. The van der Waals surface area contributed by atoms with Crippen LogP contribution < -0.4 is 10.0 Å². The number of nitrogens with one attached hydrogen (secondary N) is 2. The normalized spacial score (nSPS) is 11.0. The van der Waals surface area contributed by atoms with Gasteiger partial charge in [0, 0.05) is 19.0 Å². The molecule has 122 valence electrons. The summed E-state index contributed by atoms with van der Waals surface area (Å²) in [5.41, 5.74) is 0.827. The zero-order valence-electron chi connectivity index (χ0n) is 11.7. The molecule has 1 rings (SSSR count). The molecule has 0 radical (unpaired) electrons. The smallest absolute Gasteiger partial charge is 0.335 e. The molecule has 22 heavy (non-hydrogen) atoms. The first-order chi connectivity index (χ1) is 10.5. The van der Waals surface area contributed by atoms with Gasteiger partial charge >= 0.3 is 6.03 Å². The maximum atomic E-state index is 11.8. The number of nitrogens with zero attached hydrogens (tertiary/aromatic N) is 2. The number of hydrogen-bond donors (Lipinski definition) is 2. The lowest BCUT2D eigenvalue weighted by atomic mass is 10.2. The van der Waals surface area contributed by atoms with E-state index in [1.165, 1.54) is 0 Å². The van der Waals surface area contributed by atoms with Gasteiger partial charge in [-0.1, -0.05) is 30.3 Å². The van der Waals surface area contributed by atoms with Crippen molar-refractivity contribution in [2.45, 2.75) is 6.54 Å². The van der Waals surface area contributed by atoms with Gasteiger partial charge in [-0.3, -0.25) is 0 Å². The van der Waals surface area contributed by atoms with Crippen LogP contribution in [0.4, 0.5) is 4.79 Å². The average Bonchev–Trinajstić information content (AvgIpc) is 2.51. The number of carbonyl (C=O) groups is 1. The molecule has 2 N–H and O–H groups in total.